The molecule has 0 unspecified atom stereocenters. The van der Waals surface area contributed by atoms with E-state index in [1.807, 2.05) is 6.92 Å². The Labute approximate surface area is 132 Å². The lowest BCUT2D eigenvalue weighted by Gasteiger charge is -2.30. The normalized spacial score (nSPS) is 17.8. The molecule has 0 saturated carbocycles. The van der Waals surface area contributed by atoms with E-state index in [1.165, 1.54) is 13.2 Å². The fraction of sp³-hybridized carbons (Fsp3) is 0.333. The standard InChI is InChI=1S/C15H16F2N2O2S/c1-3-4-11-12(14(20)21-2)13(19-15(22)18-11)8-5-6-9(16)10(17)7-8/h5-7,13H,3-4H2,1-2H3,(H2,18,19,22)/t13-/m0/s1. The summed E-state index contributed by atoms with van der Waals surface area (Å²) in [6.45, 7) is 1.96. The largest absolute Gasteiger partial charge is 0.466 e. The van der Waals surface area contributed by atoms with Gasteiger partial charge in [0.1, 0.15) is 0 Å². The van der Waals surface area contributed by atoms with Crippen molar-refractivity contribution in [2.24, 2.45) is 0 Å². The number of hydrogen-bond acceptors (Lipinski definition) is 3. The molecule has 0 fully saturated rings. The van der Waals surface area contributed by atoms with Gasteiger partial charge in [0.2, 0.25) is 0 Å². The van der Waals surface area contributed by atoms with Crippen molar-refractivity contribution in [1.82, 2.24) is 10.6 Å². The number of carbonyl (C=O) groups excluding carboxylic acids is 1. The van der Waals surface area contributed by atoms with Crippen LogP contribution in [-0.2, 0) is 9.53 Å². The number of rotatable bonds is 4. The number of allylic oxidation sites excluding steroid dienone is 1. The monoisotopic (exact) mass is 326 g/mol. The van der Waals surface area contributed by atoms with Gasteiger partial charge in [0.25, 0.3) is 0 Å². The predicted octanol–water partition coefficient (Wildman–Crippen LogP) is 2.71. The summed E-state index contributed by atoms with van der Waals surface area (Å²) < 4.78 is 31.4. The van der Waals surface area contributed by atoms with E-state index < -0.39 is 23.6 Å². The van der Waals surface area contributed by atoms with Crippen molar-refractivity contribution in [2.75, 3.05) is 7.11 Å². The van der Waals surface area contributed by atoms with Crippen molar-refractivity contribution in [3.63, 3.8) is 0 Å². The second-order valence-electron chi connectivity index (χ2n) is 4.84. The molecule has 0 spiro atoms. The minimum atomic E-state index is -0.981. The Morgan fingerprint density at radius 3 is 2.68 bits per heavy atom. The first-order chi connectivity index (χ1) is 10.5. The van der Waals surface area contributed by atoms with Crippen LogP contribution in [0.3, 0.4) is 0 Å². The molecule has 0 radical (unpaired) electrons. The number of nitrogens with one attached hydrogen (secondary N) is 2. The molecule has 1 aromatic rings. The molecule has 0 bridgehead atoms. The zero-order valence-corrected chi connectivity index (χ0v) is 13.0. The van der Waals surface area contributed by atoms with Crippen LogP contribution < -0.4 is 10.6 Å². The van der Waals surface area contributed by atoms with Crippen molar-refractivity contribution in [2.45, 2.75) is 25.8 Å². The highest BCUT2D eigenvalue weighted by molar-refractivity contribution is 7.80. The van der Waals surface area contributed by atoms with Gasteiger partial charge in [0, 0.05) is 5.70 Å². The highest BCUT2D eigenvalue weighted by Crippen LogP contribution is 2.30. The van der Waals surface area contributed by atoms with Crippen molar-refractivity contribution < 1.29 is 18.3 Å². The van der Waals surface area contributed by atoms with E-state index in [2.05, 4.69) is 10.6 Å². The topological polar surface area (TPSA) is 50.4 Å². The predicted molar refractivity (Wildman–Crippen MR) is 81.9 cm³/mol. The fourth-order valence-electron chi connectivity index (χ4n) is 2.36. The molecular formula is C15H16F2N2O2S. The van der Waals surface area contributed by atoms with Gasteiger partial charge < -0.3 is 15.4 Å². The second-order valence-corrected chi connectivity index (χ2v) is 5.25. The smallest absolute Gasteiger partial charge is 0.337 e. The molecule has 1 atom stereocenters. The van der Waals surface area contributed by atoms with Crippen LogP contribution in [0.5, 0.6) is 0 Å². The van der Waals surface area contributed by atoms with Gasteiger partial charge in [-0.1, -0.05) is 19.4 Å². The van der Waals surface area contributed by atoms with Crippen LogP contribution in [0.2, 0.25) is 0 Å². The summed E-state index contributed by atoms with van der Waals surface area (Å²) >= 11 is 5.13. The average Bonchev–Trinajstić information content (AvgIpc) is 2.49. The number of halogens is 2. The molecule has 0 saturated heterocycles. The summed E-state index contributed by atoms with van der Waals surface area (Å²) in [6.07, 6.45) is 1.38. The Hall–Kier alpha value is -2.02. The van der Waals surface area contributed by atoms with E-state index in [4.69, 9.17) is 17.0 Å². The molecule has 1 aliphatic rings. The van der Waals surface area contributed by atoms with Crippen LogP contribution >= 0.6 is 12.2 Å². The van der Waals surface area contributed by atoms with E-state index in [-0.39, 0.29) is 0 Å². The zero-order chi connectivity index (χ0) is 16.3. The summed E-state index contributed by atoms with van der Waals surface area (Å²) in [5.74, 6) is -2.47. The van der Waals surface area contributed by atoms with Crippen LogP contribution in [-0.4, -0.2) is 18.2 Å². The summed E-state index contributed by atoms with van der Waals surface area (Å²) in [5.41, 5.74) is 1.36. The quantitative estimate of drug-likeness (QED) is 0.658. The maximum Gasteiger partial charge on any atom is 0.337 e. The van der Waals surface area contributed by atoms with Crippen LogP contribution in [0.25, 0.3) is 0 Å². The number of thiocarbonyl (C=S) groups is 1. The third kappa shape index (κ3) is 3.24. The maximum absolute atomic E-state index is 13.5. The highest BCUT2D eigenvalue weighted by atomic mass is 32.1. The summed E-state index contributed by atoms with van der Waals surface area (Å²) in [6, 6.07) is 2.80. The Morgan fingerprint density at radius 1 is 1.36 bits per heavy atom. The van der Waals surface area contributed by atoms with Crippen molar-refractivity contribution in [3.05, 3.63) is 46.7 Å². The first-order valence-corrected chi connectivity index (χ1v) is 7.22. The summed E-state index contributed by atoms with van der Waals surface area (Å²) in [7, 11) is 1.27. The fourth-order valence-corrected chi connectivity index (χ4v) is 2.60. The van der Waals surface area contributed by atoms with Crippen LogP contribution in [0.4, 0.5) is 8.78 Å². The number of carbonyl (C=O) groups is 1. The minimum Gasteiger partial charge on any atom is -0.466 e. The lowest BCUT2D eigenvalue weighted by Crippen LogP contribution is -2.45. The molecule has 1 aromatic carbocycles. The molecule has 0 aliphatic carbocycles. The van der Waals surface area contributed by atoms with Gasteiger partial charge in [-0.2, -0.15) is 0 Å². The molecule has 2 N–H and O–H groups in total. The van der Waals surface area contributed by atoms with Gasteiger partial charge in [0.15, 0.2) is 16.7 Å². The van der Waals surface area contributed by atoms with Crippen molar-refractivity contribution >= 4 is 23.3 Å². The number of methoxy groups -OCH3 is 1. The molecule has 22 heavy (non-hydrogen) atoms. The third-order valence-corrected chi connectivity index (χ3v) is 3.56. The van der Waals surface area contributed by atoms with E-state index in [0.29, 0.717) is 28.4 Å². The van der Waals surface area contributed by atoms with Crippen LogP contribution in [0, 0.1) is 11.6 Å². The first kappa shape index (κ1) is 16.4. The Balaban J connectivity index is 2.53. The van der Waals surface area contributed by atoms with E-state index in [1.54, 1.807) is 0 Å². The zero-order valence-electron chi connectivity index (χ0n) is 12.2. The molecule has 118 valence electrons. The lowest BCUT2D eigenvalue weighted by atomic mass is 9.94. The van der Waals surface area contributed by atoms with Crippen LogP contribution in [0.15, 0.2) is 29.5 Å². The molecule has 1 aliphatic heterocycles. The van der Waals surface area contributed by atoms with Gasteiger partial charge in [-0.3, -0.25) is 0 Å². The average molecular weight is 326 g/mol. The number of benzene rings is 1. The van der Waals surface area contributed by atoms with Gasteiger partial charge in [-0.25, -0.2) is 13.6 Å². The minimum absolute atomic E-state index is 0.323. The molecule has 7 heteroatoms. The second kappa shape index (κ2) is 6.83. The number of hydrogen-bond donors (Lipinski definition) is 2. The molecule has 1 heterocycles. The van der Waals surface area contributed by atoms with Crippen molar-refractivity contribution in [1.29, 1.82) is 0 Å². The Kier molecular flexibility index (Phi) is 5.07. The molecule has 0 amide bonds. The number of ether oxygens (including phenoxy) is 1. The van der Waals surface area contributed by atoms with Gasteiger partial charge in [0.05, 0.1) is 18.7 Å². The van der Waals surface area contributed by atoms with Gasteiger partial charge >= 0.3 is 5.97 Å². The molecule has 4 nitrogen and oxygen atoms in total. The Bertz CT molecular complexity index is 646. The highest BCUT2D eigenvalue weighted by Gasteiger charge is 2.32. The molecule has 2 rings (SSSR count). The third-order valence-electron chi connectivity index (χ3n) is 3.34. The van der Waals surface area contributed by atoms with E-state index in [9.17, 15) is 13.6 Å². The SMILES string of the molecule is CCCC1=C(C(=O)OC)[C@H](c2ccc(F)c(F)c2)NC(=S)N1. The van der Waals surface area contributed by atoms with Gasteiger partial charge in [-0.05, 0) is 36.3 Å². The van der Waals surface area contributed by atoms with Gasteiger partial charge in [-0.15, -0.1) is 0 Å². The maximum atomic E-state index is 13.5. The number of esters is 1. The van der Waals surface area contributed by atoms with Crippen LogP contribution in [0.1, 0.15) is 31.4 Å². The summed E-state index contributed by atoms with van der Waals surface area (Å²) in [5, 5.41) is 6.17. The Morgan fingerprint density at radius 2 is 2.09 bits per heavy atom. The lowest BCUT2D eigenvalue weighted by molar-refractivity contribution is -0.136. The summed E-state index contributed by atoms with van der Waals surface area (Å²) in [4.78, 5) is 12.1. The first-order valence-electron chi connectivity index (χ1n) is 6.81. The molecular weight excluding hydrogens is 310 g/mol. The van der Waals surface area contributed by atoms with E-state index >= 15 is 0 Å². The van der Waals surface area contributed by atoms with Crippen molar-refractivity contribution in [3.8, 4) is 0 Å². The molecule has 0 aromatic heterocycles. The van der Waals surface area contributed by atoms with E-state index in [0.717, 1.165) is 18.6 Å².